The van der Waals surface area contributed by atoms with Gasteiger partial charge in [-0.1, -0.05) is 6.07 Å². The van der Waals surface area contributed by atoms with E-state index in [1.807, 2.05) is 6.92 Å². The first-order valence-electron chi connectivity index (χ1n) is 5.62. The number of ether oxygens (including phenoxy) is 1. The molecule has 0 fully saturated rings. The van der Waals surface area contributed by atoms with Crippen molar-refractivity contribution in [1.82, 2.24) is 0 Å². The zero-order chi connectivity index (χ0) is 14.6. The van der Waals surface area contributed by atoms with Gasteiger partial charge in [0.25, 0.3) is 0 Å². The first-order valence-corrected chi connectivity index (χ1v) is 5.62. The Hall–Kier alpha value is -2.15. The predicted molar refractivity (Wildman–Crippen MR) is 69.8 cm³/mol. The number of hydrogen-bond donors (Lipinski definition) is 1. The van der Waals surface area contributed by atoms with Gasteiger partial charge in [0, 0.05) is 20.2 Å². The fraction of sp³-hybridized carbons (Fsp3) is 0.417. The molecule has 0 aliphatic rings. The van der Waals surface area contributed by atoms with Crippen molar-refractivity contribution in [1.29, 1.82) is 0 Å². The van der Waals surface area contributed by atoms with Crippen molar-refractivity contribution in [2.24, 2.45) is 0 Å². The molecule has 104 valence electrons. The number of para-hydroxylation sites is 1. The summed E-state index contributed by atoms with van der Waals surface area (Å²) in [5.41, 5.74) is -0.464. The van der Waals surface area contributed by atoms with Gasteiger partial charge in [0.2, 0.25) is 0 Å². The molecular weight excluding hydrogens is 252 g/mol. The van der Waals surface area contributed by atoms with Gasteiger partial charge in [-0.25, -0.2) is 4.79 Å². The molecule has 1 unspecified atom stereocenters. The Morgan fingerprint density at radius 3 is 2.68 bits per heavy atom. The van der Waals surface area contributed by atoms with Gasteiger partial charge < -0.3 is 14.7 Å². The number of carbonyl (C=O) groups is 1. The van der Waals surface area contributed by atoms with Gasteiger partial charge >= 0.3 is 11.7 Å². The maximum Gasteiger partial charge on any atom is 0.342 e. The summed E-state index contributed by atoms with van der Waals surface area (Å²) in [7, 11) is 3.20. The first-order chi connectivity index (χ1) is 8.90. The lowest BCUT2D eigenvalue weighted by atomic mass is 10.1. The summed E-state index contributed by atoms with van der Waals surface area (Å²) < 4.78 is 5.00. The van der Waals surface area contributed by atoms with Crippen LogP contribution in [-0.4, -0.2) is 42.8 Å². The summed E-state index contributed by atoms with van der Waals surface area (Å²) in [6, 6.07) is 4.12. The van der Waals surface area contributed by atoms with Crippen LogP contribution in [0.4, 0.5) is 11.4 Å². The molecule has 0 heterocycles. The molecule has 0 aliphatic heterocycles. The minimum Gasteiger partial charge on any atom is -0.477 e. The maximum atomic E-state index is 11.1. The number of carboxylic acids is 1. The number of methoxy groups -OCH3 is 1. The van der Waals surface area contributed by atoms with Crippen LogP contribution in [-0.2, 0) is 4.74 Å². The number of nitro groups is 1. The molecule has 7 nitrogen and oxygen atoms in total. The van der Waals surface area contributed by atoms with Gasteiger partial charge in [0.1, 0.15) is 11.3 Å². The van der Waals surface area contributed by atoms with E-state index in [-0.39, 0.29) is 17.3 Å². The molecule has 1 N–H and O–H groups in total. The third kappa shape index (κ3) is 3.19. The summed E-state index contributed by atoms with van der Waals surface area (Å²) >= 11 is 0. The standard InChI is InChI=1S/C12H16N2O5/c1-8(7-19-3)13(2)10-6-4-5-9(12(15)16)11(10)14(17)18/h4-6,8H,7H2,1-3H3,(H,15,16). The van der Waals surface area contributed by atoms with Crippen molar-refractivity contribution in [3.05, 3.63) is 33.9 Å². The van der Waals surface area contributed by atoms with Gasteiger partial charge in [-0.3, -0.25) is 10.1 Å². The largest absolute Gasteiger partial charge is 0.477 e. The highest BCUT2D eigenvalue weighted by Crippen LogP contribution is 2.32. The van der Waals surface area contributed by atoms with E-state index < -0.39 is 16.6 Å². The number of nitrogens with zero attached hydrogens (tertiary/aromatic N) is 2. The van der Waals surface area contributed by atoms with Crippen molar-refractivity contribution in [2.75, 3.05) is 25.7 Å². The normalized spacial score (nSPS) is 11.9. The topological polar surface area (TPSA) is 92.9 Å². The average molecular weight is 268 g/mol. The summed E-state index contributed by atoms with van der Waals surface area (Å²) in [6.07, 6.45) is 0. The molecular formula is C12H16N2O5. The van der Waals surface area contributed by atoms with Crippen molar-refractivity contribution in [2.45, 2.75) is 13.0 Å². The molecule has 0 aliphatic carbocycles. The van der Waals surface area contributed by atoms with Crippen LogP contribution in [0.15, 0.2) is 18.2 Å². The highest BCUT2D eigenvalue weighted by molar-refractivity contribution is 5.95. The molecule has 0 saturated heterocycles. The molecule has 0 saturated carbocycles. The predicted octanol–water partition coefficient (Wildman–Crippen LogP) is 1.76. The van der Waals surface area contributed by atoms with E-state index in [0.717, 1.165) is 0 Å². The Bertz CT molecular complexity index is 489. The molecule has 1 atom stereocenters. The van der Waals surface area contributed by atoms with Gasteiger partial charge in [-0.05, 0) is 19.1 Å². The minimum atomic E-state index is -1.32. The van der Waals surface area contributed by atoms with Crippen LogP contribution in [0, 0.1) is 10.1 Å². The molecule has 0 amide bonds. The molecule has 7 heteroatoms. The number of rotatable bonds is 6. The molecule has 0 radical (unpaired) electrons. The Morgan fingerprint density at radius 2 is 2.21 bits per heavy atom. The van der Waals surface area contributed by atoms with Crippen molar-refractivity contribution >= 4 is 17.3 Å². The number of benzene rings is 1. The molecule has 0 aromatic heterocycles. The number of carboxylic acid groups (broad SMARTS) is 1. The summed E-state index contributed by atoms with van der Waals surface area (Å²) in [6.45, 7) is 2.21. The lowest BCUT2D eigenvalue weighted by Crippen LogP contribution is -2.33. The quantitative estimate of drug-likeness (QED) is 0.624. The van der Waals surface area contributed by atoms with E-state index in [1.54, 1.807) is 11.9 Å². The van der Waals surface area contributed by atoms with Crippen LogP contribution < -0.4 is 4.90 Å². The zero-order valence-corrected chi connectivity index (χ0v) is 11.0. The molecule has 1 rings (SSSR count). The zero-order valence-electron chi connectivity index (χ0n) is 11.0. The third-order valence-corrected chi connectivity index (χ3v) is 2.88. The number of nitro benzene ring substituents is 1. The Labute approximate surface area is 110 Å². The van der Waals surface area contributed by atoms with Crippen LogP contribution in [0.5, 0.6) is 0 Å². The summed E-state index contributed by atoms with van der Waals surface area (Å²) in [5.74, 6) is -1.32. The van der Waals surface area contributed by atoms with E-state index in [0.29, 0.717) is 6.61 Å². The lowest BCUT2D eigenvalue weighted by Gasteiger charge is -2.26. The van der Waals surface area contributed by atoms with Crippen LogP contribution in [0.1, 0.15) is 17.3 Å². The van der Waals surface area contributed by atoms with E-state index in [1.165, 1.54) is 25.3 Å². The van der Waals surface area contributed by atoms with E-state index in [9.17, 15) is 14.9 Å². The van der Waals surface area contributed by atoms with Crippen LogP contribution in [0.3, 0.4) is 0 Å². The van der Waals surface area contributed by atoms with Crippen LogP contribution in [0.25, 0.3) is 0 Å². The summed E-state index contributed by atoms with van der Waals surface area (Å²) in [4.78, 5) is 23.1. The van der Waals surface area contributed by atoms with Gasteiger partial charge in [0.05, 0.1) is 11.5 Å². The first kappa shape index (κ1) is 14.9. The van der Waals surface area contributed by atoms with E-state index in [4.69, 9.17) is 9.84 Å². The highest BCUT2D eigenvalue weighted by Gasteiger charge is 2.27. The second-order valence-electron chi connectivity index (χ2n) is 4.15. The fourth-order valence-electron chi connectivity index (χ4n) is 1.77. The maximum absolute atomic E-state index is 11.1. The van der Waals surface area contributed by atoms with Crippen molar-refractivity contribution in [3.8, 4) is 0 Å². The number of aromatic carboxylic acids is 1. The van der Waals surface area contributed by atoms with E-state index >= 15 is 0 Å². The van der Waals surface area contributed by atoms with Crippen molar-refractivity contribution in [3.63, 3.8) is 0 Å². The Balaban J connectivity index is 3.31. The highest BCUT2D eigenvalue weighted by atomic mass is 16.6. The molecule has 1 aromatic carbocycles. The molecule has 0 bridgehead atoms. The van der Waals surface area contributed by atoms with Crippen molar-refractivity contribution < 1.29 is 19.6 Å². The minimum absolute atomic E-state index is 0.118. The number of anilines is 1. The summed E-state index contributed by atoms with van der Waals surface area (Å²) in [5, 5.41) is 20.1. The molecule has 0 spiro atoms. The van der Waals surface area contributed by atoms with Gasteiger partial charge in [-0.2, -0.15) is 0 Å². The van der Waals surface area contributed by atoms with Gasteiger partial charge in [0.15, 0.2) is 0 Å². The smallest absolute Gasteiger partial charge is 0.342 e. The monoisotopic (exact) mass is 268 g/mol. The van der Waals surface area contributed by atoms with E-state index in [2.05, 4.69) is 0 Å². The Kier molecular flexibility index (Phi) is 4.82. The second kappa shape index (κ2) is 6.14. The SMILES string of the molecule is COCC(C)N(C)c1cccc(C(=O)O)c1[N+](=O)[O-]. The molecule has 19 heavy (non-hydrogen) atoms. The second-order valence-corrected chi connectivity index (χ2v) is 4.15. The lowest BCUT2D eigenvalue weighted by molar-refractivity contribution is -0.384. The van der Waals surface area contributed by atoms with Crippen LogP contribution >= 0.6 is 0 Å². The van der Waals surface area contributed by atoms with Crippen LogP contribution in [0.2, 0.25) is 0 Å². The Morgan fingerprint density at radius 1 is 1.58 bits per heavy atom. The average Bonchev–Trinajstić information content (AvgIpc) is 2.36. The molecule has 1 aromatic rings. The number of hydrogen-bond acceptors (Lipinski definition) is 5. The fourth-order valence-corrected chi connectivity index (χ4v) is 1.77. The van der Waals surface area contributed by atoms with Gasteiger partial charge in [-0.15, -0.1) is 0 Å². The number of likely N-dealkylation sites (N-methyl/N-ethyl adjacent to an activating group) is 1. The third-order valence-electron chi connectivity index (χ3n) is 2.88.